The summed E-state index contributed by atoms with van der Waals surface area (Å²) in [5, 5.41) is 12.6. The van der Waals surface area contributed by atoms with Gasteiger partial charge in [-0.25, -0.2) is 0 Å². The fourth-order valence-electron chi connectivity index (χ4n) is 9.35. The van der Waals surface area contributed by atoms with E-state index in [1.54, 1.807) is 0 Å². The van der Waals surface area contributed by atoms with Crippen LogP contribution in [-0.2, 0) is 0 Å². The number of hydrogen-bond acceptors (Lipinski definition) is 0. The Balaban J connectivity index is 1.41. The third kappa shape index (κ3) is 5.52. The monoisotopic (exact) mass is 736 g/mol. The fourth-order valence-corrected chi connectivity index (χ4v) is 9.35. The van der Waals surface area contributed by atoms with Gasteiger partial charge in [-0.15, -0.1) is 0 Å². The molecule has 0 saturated carbocycles. The highest BCUT2D eigenvalue weighted by Crippen LogP contribution is 2.52. The fraction of sp³-hybridized carbons (Fsp3) is 0.0345. The van der Waals surface area contributed by atoms with E-state index in [4.69, 9.17) is 0 Å². The van der Waals surface area contributed by atoms with Crippen LogP contribution < -0.4 is 0 Å². The molecule has 0 heteroatoms. The first-order chi connectivity index (χ1) is 28.6. The summed E-state index contributed by atoms with van der Waals surface area (Å²) in [6, 6.07) is 76.7. The summed E-state index contributed by atoms with van der Waals surface area (Å²) >= 11 is 0. The lowest BCUT2D eigenvalue weighted by molar-refractivity contribution is 1.34. The molecule has 0 radical (unpaired) electrons. The second-order valence-corrected chi connectivity index (χ2v) is 15.7. The topological polar surface area (TPSA) is 0 Å². The quantitative estimate of drug-likeness (QED) is 0.122. The minimum Gasteiger partial charge on any atom is -0.0622 e. The molecule has 0 unspecified atom stereocenters. The zero-order valence-electron chi connectivity index (χ0n) is 32.6. The number of hydrogen-bond donors (Lipinski definition) is 0. The largest absolute Gasteiger partial charge is 0.0622 e. The van der Waals surface area contributed by atoms with Gasteiger partial charge in [0.1, 0.15) is 0 Å². The van der Waals surface area contributed by atoms with Crippen molar-refractivity contribution in [2.24, 2.45) is 0 Å². The van der Waals surface area contributed by atoms with Gasteiger partial charge in [0, 0.05) is 0 Å². The van der Waals surface area contributed by atoms with Gasteiger partial charge in [-0.3, -0.25) is 0 Å². The van der Waals surface area contributed by atoms with Crippen LogP contribution in [0.1, 0.15) is 11.1 Å². The molecule has 0 nitrogen and oxygen atoms in total. The zero-order chi connectivity index (χ0) is 38.7. The standard InChI is InChI=1S/C58H40/c1-37-26-27-46(32-38(37)2)55-47-24-14-15-25-48(47)56(54-36-43-23-13-12-22-42(43)33-51(54)41-20-10-5-11-21-41)58-50-31-29-45(40-18-8-4-9-19-40)35-53(50)52-34-44(28-30-49(52)57(55)58)39-16-6-3-7-17-39/h3-36H,1-2H3. The molecule has 0 aliphatic carbocycles. The molecule has 0 aromatic heterocycles. The SMILES string of the molecule is Cc1ccc(-c2c3ccccc3c(-c3cc4ccccc4cc3-c3ccccc3)c3c4ccc(-c5ccccc5)cc4c4cc(-c5ccccc5)ccc4c23)cc1C. The molecule has 0 aliphatic rings. The van der Waals surface area contributed by atoms with E-state index in [0.29, 0.717) is 0 Å². The first-order valence-electron chi connectivity index (χ1n) is 20.3. The Kier molecular flexibility index (Phi) is 8.05. The van der Waals surface area contributed by atoms with Crippen LogP contribution in [0, 0.1) is 13.8 Å². The van der Waals surface area contributed by atoms with E-state index in [-0.39, 0.29) is 0 Å². The van der Waals surface area contributed by atoms with Crippen LogP contribution in [0.25, 0.3) is 109 Å². The van der Waals surface area contributed by atoms with E-state index in [2.05, 4.69) is 220 Å². The maximum Gasteiger partial charge on any atom is -0.000740 e. The van der Waals surface area contributed by atoms with Crippen molar-refractivity contribution in [1.82, 2.24) is 0 Å². The molecule has 0 bridgehead atoms. The Morgan fingerprint density at radius 3 is 1.24 bits per heavy atom. The second-order valence-electron chi connectivity index (χ2n) is 15.7. The van der Waals surface area contributed by atoms with Crippen LogP contribution in [0.3, 0.4) is 0 Å². The highest BCUT2D eigenvalue weighted by molar-refractivity contribution is 6.37. The average molecular weight is 737 g/mol. The summed E-state index contributed by atoms with van der Waals surface area (Å²) in [7, 11) is 0. The first-order valence-corrected chi connectivity index (χ1v) is 20.3. The molecule has 58 heavy (non-hydrogen) atoms. The first kappa shape index (κ1) is 34.0. The third-order valence-corrected chi connectivity index (χ3v) is 12.3. The summed E-state index contributed by atoms with van der Waals surface area (Å²) in [6.45, 7) is 4.45. The summed E-state index contributed by atoms with van der Waals surface area (Å²) in [5.41, 5.74) is 14.9. The smallest absolute Gasteiger partial charge is 0.000740 e. The lowest BCUT2D eigenvalue weighted by Gasteiger charge is -2.24. The van der Waals surface area contributed by atoms with E-state index < -0.39 is 0 Å². The van der Waals surface area contributed by atoms with Gasteiger partial charge in [0.2, 0.25) is 0 Å². The maximum atomic E-state index is 2.45. The lowest BCUT2D eigenvalue weighted by Crippen LogP contribution is -1.96. The summed E-state index contributed by atoms with van der Waals surface area (Å²) < 4.78 is 0. The summed E-state index contributed by atoms with van der Waals surface area (Å²) in [4.78, 5) is 0. The van der Waals surface area contributed by atoms with Crippen molar-refractivity contribution in [1.29, 1.82) is 0 Å². The van der Waals surface area contributed by atoms with Crippen LogP contribution in [0.4, 0.5) is 0 Å². The van der Waals surface area contributed by atoms with Gasteiger partial charge in [-0.2, -0.15) is 0 Å². The Morgan fingerprint density at radius 1 is 0.241 bits per heavy atom. The lowest BCUT2D eigenvalue weighted by atomic mass is 9.79. The van der Waals surface area contributed by atoms with Crippen molar-refractivity contribution in [2.45, 2.75) is 13.8 Å². The molecule has 0 aliphatic heterocycles. The Bertz CT molecular complexity index is 3380. The average Bonchev–Trinajstić information content (AvgIpc) is 3.29. The third-order valence-electron chi connectivity index (χ3n) is 12.3. The van der Waals surface area contributed by atoms with E-state index in [1.807, 2.05) is 0 Å². The highest BCUT2D eigenvalue weighted by atomic mass is 14.3. The normalized spacial score (nSPS) is 11.6. The van der Waals surface area contributed by atoms with Crippen LogP contribution in [-0.4, -0.2) is 0 Å². The van der Waals surface area contributed by atoms with Crippen LogP contribution >= 0.6 is 0 Å². The van der Waals surface area contributed by atoms with Crippen molar-refractivity contribution in [3.05, 3.63) is 217 Å². The second kappa shape index (κ2) is 13.7. The number of fused-ring (bicyclic) bond motifs is 8. The molecule has 0 fully saturated rings. The van der Waals surface area contributed by atoms with Crippen molar-refractivity contribution < 1.29 is 0 Å². The van der Waals surface area contributed by atoms with Gasteiger partial charge in [0.05, 0.1) is 0 Å². The molecular weight excluding hydrogens is 697 g/mol. The van der Waals surface area contributed by atoms with E-state index in [1.165, 1.54) is 121 Å². The van der Waals surface area contributed by atoms with Crippen molar-refractivity contribution >= 4 is 53.9 Å². The molecule has 0 amide bonds. The summed E-state index contributed by atoms with van der Waals surface area (Å²) in [5.74, 6) is 0. The van der Waals surface area contributed by atoms with Gasteiger partial charge in [0.15, 0.2) is 0 Å². The highest BCUT2D eigenvalue weighted by Gasteiger charge is 2.24. The Labute approximate surface area is 339 Å². The van der Waals surface area contributed by atoms with Crippen molar-refractivity contribution in [3.8, 4) is 55.6 Å². The van der Waals surface area contributed by atoms with Gasteiger partial charge in [0.25, 0.3) is 0 Å². The molecule has 272 valence electrons. The zero-order valence-corrected chi connectivity index (χ0v) is 32.6. The predicted molar refractivity (Wildman–Crippen MR) is 251 cm³/mol. The van der Waals surface area contributed by atoms with Gasteiger partial charge in [-0.05, 0) is 159 Å². The molecular formula is C58H40. The van der Waals surface area contributed by atoms with E-state index in [9.17, 15) is 0 Å². The number of rotatable bonds is 5. The van der Waals surface area contributed by atoms with Crippen LogP contribution in [0.15, 0.2) is 206 Å². The van der Waals surface area contributed by atoms with Crippen LogP contribution in [0.5, 0.6) is 0 Å². The Morgan fingerprint density at radius 2 is 0.690 bits per heavy atom. The minimum atomic E-state index is 1.21. The van der Waals surface area contributed by atoms with Crippen molar-refractivity contribution in [3.63, 3.8) is 0 Å². The van der Waals surface area contributed by atoms with E-state index in [0.717, 1.165) is 0 Å². The number of aryl methyl sites for hydroxylation is 2. The predicted octanol–water partition coefficient (Wildman–Crippen LogP) is 16.4. The van der Waals surface area contributed by atoms with Gasteiger partial charge < -0.3 is 0 Å². The van der Waals surface area contributed by atoms with Gasteiger partial charge in [-0.1, -0.05) is 182 Å². The molecule has 11 rings (SSSR count). The molecule has 11 aromatic carbocycles. The molecule has 0 spiro atoms. The molecule has 0 N–H and O–H groups in total. The summed E-state index contributed by atoms with van der Waals surface area (Å²) in [6.07, 6.45) is 0. The maximum absolute atomic E-state index is 2.45. The molecule has 0 atom stereocenters. The molecule has 0 heterocycles. The molecule has 0 saturated heterocycles. The minimum absolute atomic E-state index is 1.21. The van der Waals surface area contributed by atoms with Crippen LogP contribution in [0.2, 0.25) is 0 Å². The van der Waals surface area contributed by atoms with Gasteiger partial charge >= 0.3 is 0 Å². The number of benzene rings is 11. The van der Waals surface area contributed by atoms with Crippen molar-refractivity contribution in [2.75, 3.05) is 0 Å². The Hall–Kier alpha value is -7.28. The molecule has 11 aromatic rings. The van der Waals surface area contributed by atoms with E-state index >= 15 is 0 Å².